The Labute approximate surface area is 192 Å². The van der Waals surface area contributed by atoms with Gasteiger partial charge in [-0.2, -0.15) is 0 Å². The van der Waals surface area contributed by atoms with Crippen LogP contribution in [0.15, 0.2) is 64.2 Å². The van der Waals surface area contributed by atoms with Gasteiger partial charge in [-0.05, 0) is 43.7 Å². The smallest absolute Gasteiger partial charge is 0.339 e. The Morgan fingerprint density at radius 1 is 1.00 bits per heavy atom. The number of carbonyl (C=O) groups is 2. The maximum Gasteiger partial charge on any atom is 0.339 e. The lowest BCUT2D eigenvalue weighted by molar-refractivity contribution is -0.116. The predicted molar refractivity (Wildman–Crippen MR) is 128 cm³/mol. The third-order valence-electron chi connectivity index (χ3n) is 5.37. The van der Waals surface area contributed by atoms with Crippen LogP contribution in [0.5, 0.6) is 0 Å². The lowest BCUT2D eigenvalue weighted by Crippen LogP contribution is -2.40. The van der Waals surface area contributed by atoms with Crippen LogP contribution in [0.4, 0.5) is 5.69 Å². The van der Waals surface area contributed by atoms with Crippen molar-refractivity contribution in [1.29, 1.82) is 0 Å². The second-order valence-corrected chi connectivity index (χ2v) is 8.60. The number of aromatic nitrogens is 2. The fraction of sp³-hybridized carbons (Fsp3) is 0.167. The number of thiophene rings is 1. The summed E-state index contributed by atoms with van der Waals surface area (Å²) in [6.07, 6.45) is 0. The summed E-state index contributed by atoms with van der Waals surface area (Å²) in [7, 11) is 1.26. The second-order valence-electron chi connectivity index (χ2n) is 7.39. The molecule has 1 amide bonds. The van der Waals surface area contributed by atoms with Gasteiger partial charge in [-0.3, -0.25) is 14.2 Å². The van der Waals surface area contributed by atoms with Gasteiger partial charge < -0.3 is 10.1 Å². The third kappa shape index (κ3) is 3.98. The summed E-state index contributed by atoms with van der Waals surface area (Å²) < 4.78 is 7.14. The number of para-hydroxylation sites is 2. The summed E-state index contributed by atoms with van der Waals surface area (Å²) in [5, 5.41) is 3.09. The molecule has 2 heterocycles. The summed E-state index contributed by atoms with van der Waals surface area (Å²) in [4.78, 5) is 53.0. The van der Waals surface area contributed by atoms with E-state index in [9.17, 15) is 19.2 Å². The molecule has 0 saturated carbocycles. The monoisotopic (exact) mass is 463 g/mol. The lowest BCUT2D eigenvalue weighted by Gasteiger charge is -2.13. The first-order valence-electron chi connectivity index (χ1n) is 10.1. The van der Waals surface area contributed by atoms with Crippen molar-refractivity contribution in [1.82, 2.24) is 9.13 Å². The van der Waals surface area contributed by atoms with Gasteiger partial charge in [0.2, 0.25) is 5.91 Å². The number of benzene rings is 2. The summed E-state index contributed by atoms with van der Waals surface area (Å²) >= 11 is 1.29. The zero-order valence-electron chi connectivity index (χ0n) is 18.2. The molecule has 0 spiro atoms. The Kier molecular flexibility index (Phi) is 5.97. The minimum absolute atomic E-state index is 0.197. The fourth-order valence-electron chi connectivity index (χ4n) is 3.61. The number of amides is 1. The van der Waals surface area contributed by atoms with E-state index in [1.165, 1.54) is 29.1 Å². The fourth-order valence-corrected chi connectivity index (χ4v) is 4.76. The van der Waals surface area contributed by atoms with Crippen molar-refractivity contribution in [3.8, 4) is 5.69 Å². The van der Waals surface area contributed by atoms with E-state index in [-0.39, 0.29) is 17.8 Å². The summed E-state index contributed by atoms with van der Waals surface area (Å²) in [6, 6.07) is 15.0. The van der Waals surface area contributed by atoms with Crippen molar-refractivity contribution in [2.45, 2.75) is 20.4 Å². The molecule has 4 rings (SSSR count). The van der Waals surface area contributed by atoms with Gasteiger partial charge in [0.15, 0.2) is 0 Å². The van der Waals surface area contributed by atoms with Crippen LogP contribution in [-0.4, -0.2) is 28.1 Å². The van der Waals surface area contributed by atoms with Crippen LogP contribution in [0.1, 0.15) is 20.8 Å². The number of anilines is 1. The molecular weight excluding hydrogens is 442 g/mol. The molecule has 33 heavy (non-hydrogen) atoms. The van der Waals surface area contributed by atoms with Crippen LogP contribution in [0, 0.1) is 13.8 Å². The molecule has 4 aromatic rings. The Bertz CT molecular complexity index is 1500. The molecule has 0 aliphatic rings. The number of rotatable bonds is 5. The molecule has 0 aliphatic heterocycles. The first kappa shape index (κ1) is 22.2. The molecule has 0 atom stereocenters. The average Bonchev–Trinajstić information content (AvgIpc) is 3.11. The molecule has 0 aliphatic carbocycles. The summed E-state index contributed by atoms with van der Waals surface area (Å²) in [5.74, 6) is -1.11. The van der Waals surface area contributed by atoms with E-state index in [0.717, 1.165) is 15.0 Å². The van der Waals surface area contributed by atoms with E-state index in [2.05, 4.69) is 5.32 Å². The van der Waals surface area contributed by atoms with Crippen molar-refractivity contribution >= 4 is 39.1 Å². The highest BCUT2D eigenvalue weighted by molar-refractivity contribution is 7.18. The third-order valence-corrected chi connectivity index (χ3v) is 6.60. The number of carbonyl (C=O) groups excluding carboxylic acids is 2. The molecular formula is C24H21N3O5S. The number of aryl methyl sites for hydroxylation is 2. The first-order chi connectivity index (χ1) is 15.8. The van der Waals surface area contributed by atoms with E-state index < -0.39 is 23.1 Å². The number of esters is 1. The molecule has 8 nitrogen and oxygen atoms in total. The van der Waals surface area contributed by atoms with Crippen molar-refractivity contribution < 1.29 is 14.3 Å². The normalized spacial score (nSPS) is 10.9. The van der Waals surface area contributed by atoms with Crippen LogP contribution in [0.25, 0.3) is 15.9 Å². The molecule has 0 saturated heterocycles. The SMILES string of the molecule is COC(=O)c1ccccc1NC(=O)Cn1c(=O)n(-c2ccccc2)c(=O)c2c(C)c(C)sc21. The number of hydrogen-bond donors (Lipinski definition) is 1. The van der Waals surface area contributed by atoms with Gasteiger partial charge >= 0.3 is 11.7 Å². The summed E-state index contributed by atoms with van der Waals surface area (Å²) in [5.41, 5.74) is 0.626. The minimum atomic E-state index is -0.614. The standard InChI is InChI=1S/C24H21N3O5S/c1-14-15(2)33-22-20(14)21(29)27(16-9-5-4-6-10-16)24(31)26(22)13-19(28)25-18-12-8-7-11-17(18)23(30)32-3/h4-12H,13H2,1-3H3,(H,25,28). The molecule has 2 aromatic carbocycles. The molecule has 9 heteroatoms. The topological polar surface area (TPSA) is 99.4 Å². The van der Waals surface area contributed by atoms with Crippen LogP contribution in [-0.2, 0) is 16.1 Å². The largest absolute Gasteiger partial charge is 0.465 e. The number of nitrogens with zero attached hydrogens (tertiary/aromatic N) is 2. The van der Waals surface area contributed by atoms with Gasteiger partial charge in [-0.1, -0.05) is 30.3 Å². The Morgan fingerprint density at radius 3 is 2.36 bits per heavy atom. The number of nitrogens with one attached hydrogen (secondary N) is 1. The maximum atomic E-state index is 13.4. The van der Waals surface area contributed by atoms with E-state index in [1.54, 1.807) is 48.5 Å². The van der Waals surface area contributed by atoms with Gasteiger partial charge in [0.1, 0.15) is 11.4 Å². The quantitative estimate of drug-likeness (QED) is 0.458. The molecule has 0 radical (unpaired) electrons. The van der Waals surface area contributed by atoms with E-state index in [1.807, 2.05) is 13.8 Å². The summed E-state index contributed by atoms with van der Waals surface area (Å²) in [6.45, 7) is 3.36. The Balaban J connectivity index is 1.83. The number of ether oxygens (including phenoxy) is 1. The molecule has 2 aromatic heterocycles. The lowest BCUT2D eigenvalue weighted by atomic mass is 10.2. The minimum Gasteiger partial charge on any atom is -0.465 e. The van der Waals surface area contributed by atoms with E-state index in [0.29, 0.717) is 15.9 Å². The van der Waals surface area contributed by atoms with E-state index in [4.69, 9.17) is 4.74 Å². The molecule has 1 N–H and O–H groups in total. The van der Waals surface area contributed by atoms with Gasteiger partial charge in [0.25, 0.3) is 5.56 Å². The maximum absolute atomic E-state index is 13.4. The van der Waals surface area contributed by atoms with Gasteiger partial charge in [-0.15, -0.1) is 11.3 Å². The van der Waals surface area contributed by atoms with Crippen LogP contribution < -0.4 is 16.6 Å². The zero-order chi connectivity index (χ0) is 23.7. The van der Waals surface area contributed by atoms with Gasteiger partial charge in [0.05, 0.1) is 29.4 Å². The number of hydrogen-bond acceptors (Lipinski definition) is 6. The Morgan fingerprint density at radius 2 is 1.67 bits per heavy atom. The van der Waals surface area contributed by atoms with Crippen molar-refractivity contribution in [3.63, 3.8) is 0 Å². The Hall–Kier alpha value is -3.98. The highest BCUT2D eigenvalue weighted by Gasteiger charge is 2.21. The van der Waals surface area contributed by atoms with Gasteiger partial charge in [0, 0.05) is 4.88 Å². The predicted octanol–water partition coefficient (Wildman–Crippen LogP) is 3.26. The van der Waals surface area contributed by atoms with Crippen LogP contribution in [0.2, 0.25) is 0 Å². The van der Waals surface area contributed by atoms with Gasteiger partial charge in [-0.25, -0.2) is 14.2 Å². The van der Waals surface area contributed by atoms with Crippen LogP contribution >= 0.6 is 11.3 Å². The van der Waals surface area contributed by atoms with E-state index >= 15 is 0 Å². The van der Waals surface area contributed by atoms with Crippen molar-refractivity contribution in [3.05, 3.63) is 91.4 Å². The molecule has 0 fully saturated rings. The molecule has 0 unspecified atom stereocenters. The first-order valence-corrected chi connectivity index (χ1v) is 10.9. The second kappa shape index (κ2) is 8.87. The van der Waals surface area contributed by atoms with Crippen molar-refractivity contribution in [2.24, 2.45) is 0 Å². The number of methoxy groups -OCH3 is 1. The molecule has 0 bridgehead atoms. The number of fused-ring (bicyclic) bond motifs is 1. The zero-order valence-corrected chi connectivity index (χ0v) is 19.1. The molecule has 168 valence electrons. The van der Waals surface area contributed by atoms with Crippen LogP contribution in [0.3, 0.4) is 0 Å². The highest BCUT2D eigenvalue weighted by atomic mass is 32.1. The average molecular weight is 464 g/mol. The van der Waals surface area contributed by atoms with Crippen molar-refractivity contribution in [2.75, 3.05) is 12.4 Å². The highest BCUT2D eigenvalue weighted by Crippen LogP contribution is 2.27.